The number of thioether (sulfide) groups is 1. The highest BCUT2D eigenvalue weighted by molar-refractivity contribution is 8.03. The van der Waals surface area contributed by atoms with Gasteiger partial charge in [0.15, 0.2) is 17.1 Å². The van der Waals surface area contributed by atoms with Crippen LogP contribution in [0.1, 0.15) is 23.7 Å². The Hall–Kier alpha value is -2.56. The number of benzene rings is 1. The average Bonchev–Trinajstić information content (AvgIpc) is 2.94. The number of carbonyl (C=O) groups excluding carboxylic acids is 3. The Bertz CT molecular complexity index is 807. The van der Waals surface area contributed by atoms with Gasteiger partial charge in [-0.05, 0) is 31.2 Å². The number of hydrogen-bond acceptors (Lipinski definition) is 8. The van der Waals surface area contributed by atoms with Crippen molar-refractivity contribution < 1.29 is 33.7 Å². The molecule has 28 heavy (non-hydrogen) atoms. The van der Waals surface area contributed by atoms with Crippen molar-refractivity contribution in [2.45, 2.75) is 25.0 Å². The molecule has 1 aromatic carbocycles. The number of aliphatic hydroxyl groups excluding tert-OH is 1. The summed E-state index contributed by atoms with van der Waals surface area (Å²) in [7, 11) is 1.55. The molecule has 1 aromatic rings. The first-order valence-electron chi connectivity index (χ1n) is 8.57. The van der Waals surface area contributed by atoms with Gasteiger partial charge in [-0.1, -0.05) is 11.8 Å². The molecular formula is C18H20N2O7S. The van der Waals surface area contributed by atoms with Crippen LogP contribution in [0.4, 0.5) is 0 Å². The van der Waals surface area contributed by atoms with Gasteiger partial charge in [0, 0.05) is 19.2 Å². The number of aliphatic hydroxyl groups is 1. The topological polar surface area (TPSA) is 114 Å². The number of amides is 2. The summed E-state index contributed by atoms with van der Waals surface area (Å²) in [5.41, 5.74) is 0.428. The van der Waals surface area contributed by atoms with Crippen molar-refractivity contribution in [3.63, 3.8) is 0 Å². The fourth-order valence-electron chi connectivity index (χ4n) is 2.64. The number of hydrogen-bond donors (Lipinski definition) is 2. The molecule has 0 aliphatic carbocycles. The van der Waals surface area contributed by atoms with Gasteiger partial charge >= 0.3 is 5.97 Å². The van der Waals surface area contributed by atoms with E-state index in [-0.39, 0.29) is 28.0 Å². The van der Waals surface area contributed by atoms with Crippen LogP contribution in [-0.4, -0.2) is 59.7 Å². The van der Waals surface area contributed by atoms with E-state index < -0.39 is 12.3 Å². The highest BCUT2D eigenvalue weighted by atomic mass is 32.2. The quantitative estimate of drug-likeness (QED) is 0.281. The largest absolute Gasteiger partial charge is 0.448 e. The molecule has 0 aromatic heterocycles. The lowest BCUT2D eigenvalue weighted by Crippen LogP contribution is -2.48. The summed E-state index contributed by atoms with van der Waals surface area (Å²) >= 11 is 1.23. The van der Waals surface area contributed by atoms with Crippen LogP contribution < -0.4 is 10.1 Å². The van der Waals surface area contributed by atoms with Crippen molar-refractivity contribution >= 4 is 29.5 Å². The molecule has 0 bridgehead atoms. The molecule has 10 heteroatoms. The summed E-state index contributed by atoms with van der Waals surface area (Å²) in [5.74, 6) is -0.888. The summed E-state index contributed by atoms with van der Waals surface area (Å²) in [6, 6.07) is 6.36. The lowest BCUT2D eigenvalue weighted by atomic mass is 10.2. The number of ether oxygens (including phenoxy) is 3. The Labute approximate surface area is 165 Å². The zero-order chi connectivity index (χ0) is 20.3. The number of β-lactam (4-membered cyclic amide) rings is 1. The molecule has 3 rings (SSSR count). The summed E-state index contributed by atoms with van der Waals surface area (Å²) < 4.78 is 15.5. The molecule has 2 N–H and O–H groups in total. The van der Waals surface area contributed by atoms with Crippen LogP contribution in [0.5, 0.6) is 5.75 Å². The van der Waals surface area contributed by atoms with Gasteiger partial charge in [0.25, 0.3) is 5.91 Å². The molecule has 0 saturated carbocycles. The molecule has 0 spiro atoms. The zero-order valence-electron chi connectivity index (χ0n) is 15.3. The lowest BCUT2D eigenvalue weighted by Gasteiger charge is -2.33. The van der Waals surface area contributed by atoms with Crippen LogP contribution in [0.25, 0.3) is 0 Å². The second-order valence-corrected chi connectivity index (χ2v) is 7.21. The van der Waals surface area contributed by atoms with Gasteiger partial charge in [-0.2, -0.15) is 0 Å². The number of nitrogens with one attached hydrogen (secondary N) is 1. The van der Waals surface area contributed by atoms with Gasteiger partial charge in [-0.25, -0.2) is 4.79 Å². The molecule has 0 unspecified atom stereocenters. The van der Waals surface area contributed by atoms with Crippen LogP contribution in [0.3, 0.4) is 0 Å². The van der Waals surface area contributed by atoms with E-state index in [0.29, 0.717) is 30.9 Å². The van der Waals surface area contributed by atoms with Gasteiger partial charge in [-0.15, -0.1) is 0 Å². The molecule has 2 heterocycles. The average molecular weight is 408 g/mol. The Kier molecular flexibility index (Phi) is 6.22. The summed E-state index contributed by atoms with van der Waals surface area (Å²) in [6.07, 6.45) is -1.01. The van der Waals surface area contributed by atoms with Crippen LogP contribution in [0.15, 0.2) is 35.1 Å². The number of methoxy groups -OCH3 is 1. The standard InChI is InChI=1S/C18H20N2O7S/c1-10(21)26-17(24)15-18(28-14-9-13(22)20(14)15)27-12-5-3-11(4-6-12)16(23)19-7-8-25-2/h3-6,10,14,21H,7-9H2,1-2H3,(H,19,23)/t10-,14-/m1/s1. The van der Waals surface area contributed by atoms with Crippen molar-refractivity contribution in [2.24, 2.45) is 0 Å². The van der Waals surface area contributed by atoms with E-state index in [0.717, 1.165) is 0 Å². The Balaban J connectivity index is 1.72. The first kappa shape index (κ1) is 20.2. The van der Waals surface area contributed by atoms with Crippen molar-refractivity contribution in [3.8, 4) is 5.75 Å². The molecular weight excluding hydrogens is 388 g/mol. The summed E-state index contributed by atoms with van der Waals surface area (Å²) in [5, 5.41) is 12.0. The Morgan fingerprint density at radius 3 is 2.68 bits per heavy atom. The van der Waals surface area contributed by atoms with Crippen LogP contribution in [0.2, 0.25) is 0 Å². The van der Waals surface area contributed by atoms with Gasteiger partial charge in [0.05, 0.1) is 18.4 Å². The molecule has 2 amide bonds. The van der Waals surface area contributed by atoms with E-state index in [1.165, 1.54) is 23.6 Å². The number of carbonyl (C=O) groups is 3. The maximum absolute atomic E-state index is 12.3. The molecule has 1 fully saturated rings. The van der Waals surface area contributed by atoms with E-state index in [1.807, 2.05) is 0 Å². The smallest absolute Gasteiger partial charge is 0.361 e. The van der Waals surface area contributed by atoms with E-state index in [9.17, 15) is 19.5 Å². The molecule has 1 saturated heterocycles. The van der Waals surface area contributed by atoms with Crippen molar-refractivity contribution in [1.29, 1.82) is 0 Å². The van der Waals surface area contributed by atoms with Gasteiger partial charge < -0.3 is 24.6 Å². The predicted octanol–water partition coefficient (Wildman–Crippen LogP) is 0.797. The number of nitrogens with zero attached hydrogens (tertiary/aromatic N) is 1. The van der Waals surface area contributed by atoms with Crippen LogP contribution in [0, 0.1) is 0 Å². The van der Waals surface area contributed by atoms with E-state index >= 15 is 0 Å². The number of esters is 1. The lowest BCUT2D eigenvalue weighted by molar-refractivity contribution is -0.165. The molecule has 9 nitrogen and oxygen atoms in total. The minimum Gasteiger partial charge on any atom is -0.448 e. The predicted molar refractivity (Wildman–Crippen MR) is 98.9 cm³/mol. The SMILES string of the molecule is COCCNC(=O)c1ccc(OC2=C(C(=O)O[C@H](C)O)N3C(=O)C[C@H]3S2)cc1. The van der Waals surface area contributed by atoms with E-state index in [4.69, 9.17) is 14.2 Å². The second kappa shape index (κ2) is 8.63. The van der Waals surface area contributed by atoms with E-state index in [1.54, 1.807) is 31.4 Å². The monoisotopic (exact) mass is 408 g/mol. The van der Waals surface area contributed by atoms with Crippen molar-refractivity contribution in [3.05, 3.63) is 40.6 Å². The van der Waals surface area contributed by atoms with Gasteiger partial charge in [0.2, 0.25) is 5.91 Å². The fraction of sp³-hybridized carbons (Fsp3) is 0.389. The van der Waals surface area contributed by atoms with Gasteiger partial charge in [-0.3, -0.25) is 14.5 Å². The van der Waals surface area contributed by atoms with Gasteiger partial charge in [0.1, 0.15) is 5.75 Å². The Morgan fingerprint density at radius 1 is 1.36 bits per heavy atom. The van der Waals surface area contributed by atoms with Crippen LogP contribution >= 0.6 is 11.8 Å². The number of rotatable bonds is 8. The third kappa shape index (κ3) is 4.29. The molecule has 0 radical (unpaired) electrons. The minimum absolute atomic E-state index is 0.0199. The minimum atomic E-state index is -1.31. The maximum Gasteiger partial charge on any atom is 0.361 e. The fourth-order valence-corrected chi connectivity index (χ4v) is 3.88. The van der Waals surface area contributed by atoms with Crippen LogP contribution in [-0.2, 0) is 19.1 Å². The molecule has 2 aliphatic rings. The highest BCUT2D eigenvalue weighted by Crippen LogP contribution is 2.46. The molecule has 2 aliphatic heterocycles. The third-order valence-corrected chi connectivity index (χ3v) is 5.11. The second-order valence-electron chi connectivity index (χ2n) is 6.06. The normalized spacial score (nSPS) is 19.0. The first-order valence-corrected chi connectivity index (χ1v) is 9.45. The number of fused-ring (bicyclic) bond motifs is 1. The zero-order valence-corrected chi connectivity index (χ0v) is 16.2. The summed E-state index contributed by atoms with van der Waals surface area (Å²) in [4.78, 5) is 37.4. The summed E-state index contributed by atoms with van der Waals surface area (Å²) in [6.45, 7) is 2.12. The molecule has 2 atom stereocenters. The molecule has 150 valence electrons. The first-order chi connectivity index (χ1) is 13.4. The maximum atomic E-state index is 12.3. The van der Waals surface area contributed by atoms with E-state index in [2.05, 4.69) is 5.32 Å². The Morgan fingerprint density at radius 2 is 2.07 bits per heavy atom. The van der Waals surface area contributed by atoms with Crippen molar-refractivity contribution in [1.82, 2.24) is 10.2 Å². The highest BCUT2D eigenvalue weighted by Gasteiger charge is 2.50. The van der Waals surface area contributed by atoms with Crippen molar-refractivity contribution in [2.75, 3.05) is 20.3 Å². The third-order valence-electron chi connectivity index (χ3n) is 3.97.